The molecule has 0 bridgehead atoms. The predicted octanol–water partition coefficient (Wildman–Crippen LogP) is 6.13. The molecule has 1 saturated heterocycles. The Hall–Kier alpha value is -4.26. The molecule has 0 aliphatic carbocycles. The minimum Gasteiger partial charge on any atom is -0.354 e. The SMILES string of the molecule is CCCCc1nc(N2CCCN(C(=O)c3ccccc3)CC2)c2c(-c3ccc4ccccc4c3)noc2n1. The van der Waals surface area contributed by atoms with Gasteiger partial charge < -0.3 is 14.3 Å². The molecule has 7 nitrogen and oxygen atoms in total. The number of amides is 1. The van der Waals surface area contributed by atoms with Crippen molar-refractivity contribution in [3.63, 3.8) is 0 Å². The van der Waals surface area contributed by atoms with E-state index >= 15 is 0 Å². The number of hydrogen-bond donors (Lipinski definition) is 0. The zero-order chi connectivity index (χ0) is 25.9. The number of hydrogen-bond acceptors (Lipinski definition) is 6. The van der Waals surface area contributed by atoms with E-state index in [4.69, 9.17) is 14.5 Å². The van der Waals surface area contributed by atoms with Gasteiger partial charge in [-0.15, -0.1) is 0 Å². The van der Waals surface area contributed by atoms with E-state index in [0.29, 0.717) is 25.3 Å². The molecule has 38 heavy (non-hydrogen) atoms. The fraction of sp³-hybridized carbons (Fsp3) is 0.290. The quantitative estimate of drug-likeness (QED) is 0.276. The van der Waals surface area contributed by atoms with Crippen LogP contribution in [-0.4, -0.2) is 52.1 Å². The van der Waals surface area contributed by atoms with Crippen LogP contribution in [0.15, 0.2) is 77.3 Å². The molecule has 1 aliphatic rings. The van der Waals surface area contributed by atoms with Crippen LogP contribution in [0.2, 0.25) is 0 Å². The smallest absolute Gasteiger partial charge is 0.263 e. The maximum Gasteiger partial charge on any atom is 0.263 e. The Bertz CT molecular complexity index is 1580. The van der Waals surface area contributed by atoms with Crippen LogP contribution in [0.5, 0.6) is 0 Å². The lowest BCUT2D eigenvalue weighted by atomic mass is 10.0. The van der Waals surface area contributed by atoms with Crippen molar-refractivity contribution in [2.75, 3.05) is 31.1 Å². The van der Waals surface area contributed by atoms with Gasteiger partial charge in [-0.3, -0.25) is 4.79 Å². The van der Waals surface area contributed by atoms with Crippen molar-refractivity contribution in [3.05, 3.63) is 84.2 Å². The van der Waals surface area contributed by atoms with E-state index < -0.39 is 0 Å². The first-order valence-corrected chi connectivity index (χ1v) is 13.5. The summed E-state index contributed by atoms with van der Waals surface area (Å²) in [6.07, 6.45) is 3.72. The number of aryl methyl sites for hydroxylation is 1. The fourth-order valence-corrected chi connectivity index (χ4v) is 5.18. The molecule has 0 spiro atoms. The van der Waals surface area contributed by atoms with E-state index in [9.17, 15) is 4.79 Å². The van der Waals surface area contributed by atoms with Crippen molar-refractivity contribution >= 4 is 33.6 Å². The molecule has 5 aromatic rings. The van der Waals surface area contributed by atoms with Gasteiger partial charge in [-0.2, -0.15) is 4.98 Å². The minimum atomic E-state index is 0.0748. The largest absolute Gasteiger partial charge is 0.354 e. The summed E-state index contributed by atoms with van der Waals surface area (Å²) in [7, 11) is 0. The van der Waals surface area contributed by atoms with Gasteiger partial charge in [-0.05, 0) is 41.8 Å². The first-order valence-electron chi connectivity index (χ1n) is 13.5. The van der Waals surface area contributed by atoms with Crippen LogP contribution >= 0.6 is 0 Å². The highest BCUT2D eigenvalue weighted by Gasteiger charge is 2.26. The number of fused-ring (bicyclic) bond motifs is 2. The third kappa shape index (κ3) is 4.72. The van der Waals surface area contributed by atoms with Gasteiger partial charge in [0.1, 0.15) is 22.7 Å². The Morgan fingerprint density at radius 2 is 1.71 bits per heavy atom. The molecule has 1 aliphatic heterocycles. The van der Waals surface area contributed by atoms with Crippen LogP contribution < -0.4 is 4.90 Å². The van der Waals surface area contributed by atoms with Crippen molar-refractivity contribution in [1.82, 2.24) is 20.0 Å². The number of benzene rings is 3. The van der Waals surface area contributed by atoms with Gasteiger partial charge in [0.05, 0.1) is 0 Å². The van der Waals surface area contributed by atoms with Crippen LogP contribution in [0, 0.1) is 0 Å². The fourth-order valence-electron chi connectivity index (χ4n) is 5.18. The standard InChI is InChI=1S/C31H31N5O2/c1-2-3-14-26-32-29(35-17-9-18-36(20-19-35)31(37)23-11-5-4-6-12-23)27-28(34-38-30(27)33-26)25-16-15-22-10-7-8-13-24(22)21-25/h4-8,10-13,15-16,21H,2-3,9,14,17-20H2,1H3. The first kappa shape index (κ1) is 24.1. The summed E-state index contributed by atoms with van der Waals surface area (Å²) in [6.45, 7) is 4.97. The lowest BCUT2D eigenvalue weighted by molar-refractivity contribution is 0.0767. The molecular formula is C31H31N5O2. The molecular weight excluding hydrogens is 474 g/mol. The predicted molar refractivity (Wildman–Crippen MR) is 150 cm³/mol. The van der Waals surface area contributed by atoms with Gasteiger partial charge in [0.2, 0.25) is 0 Å². The highest BCUT2D eigenvalue weighted by Crippen LogP contribution is 2.35. The van der Waals surface area contributed by atoms with Crippen molar-refractivity contribution < 1.29 is 9.32 Å². The molecule has 7 heteroatoms. The zero-order valence-electron chi connectivity index (χ0n) is 21.6. The summed E-state index contributed by atoms with van der Waals surface area (Å²) < 4.78 is 5.82. The lowest BCUT2D eigenvalue weighted by Crippen LogP contribution is -2.35. The van der Waals surface area contributed by atoms with Crippen molar-refractivity contribution in [1.29, 1.82) is 0 Å². The van der Waals surface area contributed by atoms with Gasteiger partial charge in [-0.1, -0.05) is 73.1 Å². The van der Waals surface area contributed by atoms with Crippen molar-refractivity contribution in [2.24, 2.45) is 0 Å². The average Bonchev–Trinajstić information content (AvgIpc) is 3.24. The molecule has 0 N–H and O–H groups in total. The molecule has 2 aromatic heterocycles. The molecule has 0 unspecified atom stereocenters. The molecule has 0 saturated carbocycles. The lowest BCUT2D eigenvalue weighted by Gasteiger charge is -2.24. The molecule has 1 fully saturated rings. The third-order valence-electron chi connectivity index (χ3n) is 7.24. The maximum atomic E-state index is 13.1. The number of carbonyl (C=O) groups excluding carboxylic acids is 1. The summed E-state index contributed by atoms with van der Waals surface area (Å²) in [4.78, 5) is 27.2. The Morgan fingerprint density at radius 1 is 0.895 bits per heavy atom. The summed E-state index contributed by atoms with van der Waals surface area (Å²) in [6, 6.07) is 24.1. The maximum absolute atomic E-state index is 13.1. The van der Waals surface area contributed by atoms with Crippen LogP contribution in [-0.2, 0) is 6.42 Å². The van der Waals surface area contributed by atoms with Crippen molar-refractivity contribution in [2.45, 2.75) is 32.6 Å². The molecule has 0 radical (unpaired) electrons. The van der Waals surface area contributed by atoms with Crippen LogP contribution in [0.1, 0.15) is 42.4 Å². The zero-order valence-corrected chi connectivity index (χ0v) is 21.6. The average molecular weight is 506 g/mol. The number of unbranched alkanes of at least 4 members (excludes halogenated alkanes) is 1. The normalized spacial score (nSPS) is 14.2. The van der Waals surface area contributed by atoms with E-state index in [2.05, 4.69) is 47.3 Å². The van der Waals surface area contributed by atoms with E-state index in [0.717, 1.165) is 71.5 Å². The highest BCUT2D eigenvalue weighted by molar-refractivity contribution is 6.00. The molecule has 192 valence electrons. The van der Waals surface area contributed by atoms with Crippen LogP contribution in [0.3, 0.4) is 0 Å². The Labute approximate surface area is 222 Å². The number of aromatic nitrogens is 3. The Kier molecular flexibility index (Phi) is 6.73. The second-order valence-electron chi connectivity index (χ2n) is 9.84. The Balaban J connectivity index is 1.37. The summed E-state index contributed by atoms with van der Waals surface area (Å²) in [5.41, 5.74) is 2.98. The molecule has 3 aromatic carbocycles. The molecule has 0 atom stereocenters. The third-order valence-corrected chi connectivity index (χ3v) is 7.24. The minimum absolute atomic E-state index is 0.0748. The molecule has 6 rings (SSSR count). The van der Waals surface area contributed by atoms with Gasteiger partial charge in [-0.25, -0.2) is 4.98 Å². The first-order chi connectivity index (χ1) is 18.7. The van der Waals surface area contributed by atoms with Gasteiger partial charge in [0.15, 0.2) is 0 Å². The van der Waals surface area contributed by atoms with Gasteiger partial charge in [0, 0.05) is 43.7 Å². The topological polar surface area (TPSA) is 75.4 Å². The number of carbonyl (C=O) groups is 1. The van der Waals surface area contributed by atoms with E-state index in [1.807, 2.05) is 47.4 Å². The Morgan fingerprint density at radius 3 is 2.55 bits per heavy atom. The van der Waals surface area contributed by atoms with Gasteiger partial charge in [0.25, 0.3) is 11.6 Å². The molecule has 3 heterocycles. The van der Waals surface area contributed by atoms with E-state index in [-0.39, 0.29) is 5.91 Å². The molecule has 1 amide bonds. The summed E-state index contributed by atoms with van der Waals surface area (Å²) >= 11 is 0. The van der Waals surface area contributed by atoms with E-state index in [1.54, 1.807) is 0 Å². The number of nitrogens with zero attached hydrogens (tertiary/aromatic N) is 5. The van der Waals surface area contributed by atoms with Crippen LogP contribution in [0.25, 0.3) is 33.1 Å². The van der Waals surface area contributed by atoms with Gasteiger partial charge >= 0.3 is 0 Å². The second-order valence-corrected chi connectivity index (χ2v) is 9.84. The van der Waals surface area contributed by atoms with Crippen molar-refractivity contribution in [3.8, 4) is 11.3 Å². The van der Waals surface area contributed by atoms with E-state index in [1.165, 1.54) is 5.39 Å². The summed E-state index contributed by atoms with van der Waals surface area (Å²) in [5, 5.41) is 7.65. The van der Waals surface area contributed by atoms with Crippen LogP contribution in [0.4, 0.5) is 5.82 Å². The number of rotatable bonds is 6. The highest BCUT2D eigenvalue weighted by atomic mass is 16.5. The number of anilines is 1. The second kappa shape index (κ2) is 10.6. The summed E-state index contributed by atoms with van der Waals surface area (Å²) in [5.74, 6) is 1.70. The monoisotopic (exact) mass is 505 g/mol.